The van der Waals surface area contributed by atoms with Gasteiger partial charge in [-0.25, -0.2) is 0 Å². The van der Waals surface area contributed by atoms with Crippen molar-refractivity contribution in [1.29, 1.82) is 0 Å². The number of fused-ring (bicyclic) bond motifs is 2. The molecule has 4 aromatic rings. The molecule has 0 fully saturated rings. The van der Waals surface area contributed by atoms with E-state index in [9.17, 15) is 4.79 Å². The van der Waals surface area contributed by atoms with Crippen LogP contribution in [0.25, 0.3) is 29.3 Å². The molecule has 138 valence electrons. The van der Waals surface area contributed by atoms with Gasteiger partial charge in [0.2, 0.25) is 4.96 Å². The van der Waals surface area contributed by atoms with Crippen molar-refractivity contribution in [1.82, 2.24) is 14.6 Å². The van der Waals surface area contributed by atoms with Crippen LogP contribution in [0.1, 0.15) is 23.2 Å². The summed E-state index contributed by atoms with van der Waals surface area (Å²) in [6.45, 7) is 1.98. The van der Waals surface area contributed by atoms with Gasteiger partial charge in [0.1, 0.15) is 11.9 Å². The van der Waals surface area contributed by atoms with Gasteiger partial charge in [0.05, 0.1) is 4.53 Å². The highest BCUT2D eigenvalue weighted by atomic mass is 32.1. The topological polar surface area (TPSA) is 56.5 Å². The van der Waals surface area contributed by atoms with Crippen molar-refractivity contribution < 1.29 is 4.74 Å². The number of ether oxygens (including phenoxy) is 1. The molecule has 5 nitrogen and oxygen atoms in total. The lowest BCUT2D eigenvalue weighted by atomic mass is 10.0. The number of nitrogens with zero attached hydrogens (tertiary/aromatic N) is 3. The maximum Gasteiger partial charge on any atom is 0.291 e. The van der Waals surface area contributed by atoms with Crippen LogP contribution in [0.4, 0.5) is 0 Å². The number of thiazole rings is 1. The van der Waals surface area contributed by atoms with Crippen LogP contribution in [0.3, 0.4) is 0 Å². The van der Waals surface area contributed by atoms with Crippen LogP contribution in [0.5, 0.6) is 5.75 Å². The first kappa shape index (κ1) is 17.1. The Morgan fingerprint density at radius 3 is 2.89 bits per heavy atom. The van der Waals surface area contributed by atoms with E-state index in [1.54, 1.807) is 11.3 Å². The van der Waals surface area contributed by atoms with Gasteiger partial charge >= 0.3 is 0 Å². The molecule has 7 heteroatoms. The summed E-state index contributed by atoms with van der Waals surface area (Å²) < 4.78 is 7.93. The van der Waals surface area contributed by atoms with E-state index in [-0.39, 0.29) is 11.7 Å². The molecule has 5 rings (SSSR count). The molecular weight excluding hydrogens is 390 g/mol. The average molecular weight is 406 g/mol. The van der Waals surface area contributed by atoms with Gasteiger partial charge in [-0.3, -0.25) is 4.79 Å². The van der Waals surface area contributed by atoms with Crippen LogP contribution in [0, 0.1) is 0 Å². The van der Waals surface area contributed by atoms with Gasteiger partial charge in [-0.1, -0.05) is 35.6 Å². The highest BCUT2D eigenvalue weighted by Gasteiger charge is 2.18. The van der Waals surface area contributed by atoms with Crippen LogP contribution < -0.4 is 14.8 Å². The molecule has 0 aliphatic carbocycles. The summed E-state index contributed by atoms with van der Waals surface area (Å²) in [7, 11) is 0. The maximum absolute atomic E-state index is 12.8. The van der Waals surface area contributed by atoms with Crippen molar-refractivity contribution in [2.24, 2.45) is 0 Å². The predicted molar refractivity (Wildman–Crippen MR) is 115 cm³/mol. The summed E-state index contributed by atoms with van der Waals surface area (Å²) >= 11 is 2.98. The lowest BCUT2D eigenvalue weighted by Gasteiger charge is -2.22. The van der Waals surface area contributed by atoms with Crippen molar-refractivity contribution in [2.75, 3.05) is 0 Å². The SMILES string of the molecule is CC1Oc2ccccc2C=C1/C=c1\sc2nc(/C=C/c3cccs3)nn2c1=O. The Bertz CT molecular complexity index is 1330. The molecule has 0 N–H and O–H groups in total. The molecular formula is C21H15N3O2S2. The number of para-hydroxylation sites is 1. The molecule has 1 aromatic carbocycles. The zero-order valence-corrected chi connectivity index (χ0v) is 16.5. The van der Waals surface area contributed by atoms with Crippen LogP contribution in [0.2, 0.25) is 0 Å². The van der Waals surface area contributed by atoms with E-state index in [0.29, 0.717) is 15.3 Å². The lowest BCUT2D eigenvalue weighted by Crippen LogP contribution is -2.26. The van der Waals surface area contributed by atoms with E-state index in [4.69, 9.17) is 4.74 Å². The largest absolute Gasteiger partial charge is 0.485 e. The number of rotatable bonds is 3. The fourth-order valence-electron chi connectivity index (χ4n) is 3.04. The molecule has 0 radical (unpaired) electrons. The summed E-state index contributed by atoms with van der Waals surface area (Å²) in [5.41, 5.74) is 1.81. The summed E-state index contributed by atoms with van der Waals surface area (Å²) in [5.74, 6) is 1.39. The Kier molecular flexibility index (Phi) is 4.18. The van der Waals surface area contributed by atoms with Crippen molar-refractivity contribution in [3.63, 3.8) is 0 Å². The molecule has 0 saturated heterocycles. The second kappa shape index (κ2) is 6.85. The van der Waals surface area contributed by atoms with Gasteiger partial charge in [0.15, 0.2) is 5.82 Å². The first-order valence-electron chi connectivity index (χ1n) is 8.77. The minimum Gasteiger partial charge on any atom is -0.485 e. The standard InChI is InChI=1S/C21H15N3O2S2/c1-13-15(11-14-5-2-3-7-17(14)26-13)12-18-20(25)24-21(28-18)22-19(23-24)9-8-16-6-4-10-27-16/h2-13H,1H3/b9-8+,18-12-. The third-order valence-corrected chi connectivity index (χ3v) is 6.25. The van der Waals surface area contributed by atoms with Gasteiger partial charge in [-0.2, -0.15) is 9.50 Å². The molecule has 0 amide bonds. The molecule has 0 saturated carbocycles. The van der Waals surface area contributed by atoms with Crippen molar-refractivity contribution >= 4 is 51.9 Å². The predicted octanol–water partition coefficient (Wildman–Crippen LogP) is 3.75. The van der Waals surface area contributed by atoms with E-state index >= 15 is 0 Å². The van der Waals surface area contributed by atoms with Crippen molar-refractivity contribution in [2.45, 2.75) is 13.0 Å². The summed E-state index contributed by atoms with van der Waals surface area (Å²) in [5, 5.41) is 6.34. The van der Waals surface area contributed by atoms with Crippen molar-refractivity contribution in [3.05, 3.63) is 78.5 Å². The zero-order valence-electron chi connectivity index (χ0n) is 14.9. The molecule has 1 unspecified atom stereocenters. The highest BCUT2D eigenvalue weighted by Crippen LogP contribution is 2.29. The first-order valence-corrected chi connectivity index (χ1v) is 10.5. The lowest BCUT2D eigenvalue weighted by molar-refractivity contribution is 0.259. The molecule has 0 bridgehead atoms. The maximum atomic E-state index is 12.8. The van der Waals surface area contributed by atoms with E-state index < -0.39 is 0 Å². The second-order valence-corrected chi connectivity index (χ2v) is 8.36. The van der Waals surface area contributed by atoms with E-state index in [1.807, 2.05) is 66.9 Å². The normalized spacial score (nSPS) is 17.1. The smallest absolute Gasteiger partial charge is 0.291 e. The van der Waals surface area contributed by atoms with Crippen LogP contribution in [0.15, 0.2) is 52.1 Å². The van der Waals surface area contributed by atoms with Crippen LogP contribution in [-0.2, 0) is 0 Å². The minimum atomic E-state index is -0.157. The number of benzene rings is 1. The summed E-state index contributed by atoms with van der Waals surface area (Å²) in [6.07, 6.45) is 7.59. The zero-order chi connectivity index (χ0) is 19.1. The Morgan fingerprint density at radius 1 is 1.18 bits per heavy atom. The van der Waals surface area contributed by atoms with Gasteiger partial charge in [0, 0.05) is 10.4 Å². The highest BCUT2D eigenvalue weighted by molar-refractivity contribution is 7.15. The van der Waals surface area contributed by atoms with Gasteiger partial charge in [-0.15, -0.1) is 16.4 Å². The average Bonchev–Trinajstić information content (AvgIpc) is 3.40. The Hall–Kier alpha value is -3.03. The fraction of sp³-hybridized carbons (Fsp3) is 0.0952. The number of thiophene rings is 1. The molecule has 4 heterocycles. The van der Waals surface area contributed by atoms with Crippen LogP contribution in [-0.4, -0.2) is 20.7 Å². The van der Waals surface area contributed by atoms with Gasteiger partial charge in [-0.05, 0) is 54.3 Å². The quantitative estimate of drug-likeness (QED) is 0.521. The summed E-state index contributed by atoms with van der Waals surface area (Å²) in [4.78, 5) is 18.9. The first-order chi connectivity index (χ1) is 13.7. The van der Waals surface area contributed by atoms with Gasteiger partial charge in [0.25, 0.3) is 5.56 Å². The van der Waals surface area contributed by atoms with E-state index in [2.05, 4.69) is 16.2 Å². The number of aromatic nitrogens is 3. The van der Waals surface area contributed by atoms with Crippen molar-refractivity contribution in [3.8, 4) is 5.75 Å². The van der Waals surface area contributed by atoms with Gasteiger partial charge < -0.3 is 4.74 Å². The number of hydrogen-bond acceptors (Lipinski definition) is 6. The van der Waals surface area contributed by atoms with E-state index in [0.717, 1.165) is 21.8 Å². The monoisotopic (exact) mass is 405 g/mol. The second-order valence-electron chi connectivity index (χ2n) is 6.37. The van der Waals surface area contributed by atoms with Crippen LogP contribution >= 0.6 is 22.7 Å². The number of hydrogen-bond donors (Lipinski definition) is 0. The third kappa shape index (κ3) is 3.08. The Labute approximate surface area is 168 Å². The third-order valence-electron chi connectivity index (χ3n) is 4.45. The minimum absolute atomic E-state index is 0.124. The Morgan fingerprint density at radius 2 is 2.07 bits per heavy atom. The Balaban J connectivity index is 1.52. The molecule has 28 heavy (non-hydrogen) atoms. The van der Waals surface area contributed by atoms with E-state index in [1.165, 1.54) is 15.9 Å². The molecule has 1 atom stereocenters. The molecule has 1 aliphatic heterocycles. The summed E-state index contributed by atoms with van der Waals surface area (Å²) in [6, 6.07) is 11.9. The molecule has 3 aromatic heterocycles. The fourth-order valence-corrected chi connectivity index (χ4v) is 4.57. The molecule has 1 aliphatic rings. The molecule has 0 spiro atoms.